The van der Waals surface area contributed by atoms with Gasteiger partial charge in [-0.3, -0.25) is 4.90 Å². The first-order valence-electron chi connectivity index (χ1n) is 9.55. The van der Waals surface area contributed by atoms with E-state index in [1.807, 2.05) is 11.3 Å². The second-order valence-corrected chi connectivity index (χ2v) is 11.0. The molecule has 2 saturated heterocycles. The van der Waals surface area contributed by atoms with Crippen molar-refractivity contribution in [2.45, 2.75) is 38.1 Å². The van der Waals surface area contributed by atoms with Crippen molar-refractivity contribution in [2.75, 3.05) is 42.6 Å². The summed E-state index contributed by atoms with van der Waals surface area (Å²) in [5.74, 6) is 1.76. The van der Waals surface area contributed by atoms with E-state index < -0.39 is 9.84 Å². The van der Waals surface area contributed by atoms with E-state index in [0.29, 0.717) is 30.6 Å². The minimum absolute atomic E-state index is 0.320. The molecule has 0 saturated carbocycles. The molecule has 2 aromatic rings. The van der Waals surface area contributed by atoms with Gasteiger partial charge in [-0.2, -0.15) is 0 Å². The van der Waals surface area contributed by atoms with Crippen LogP contribution in [0.25, 0.3) is 10.2 Å². The van der Waals surface area contributed by atoms with Crippen LogP contribution in [0.5, 0.6) is 0 Å². The van der Waals surface area contributed by atoms with Gasteiger partial charge in [-0.15, -0.1) is 11.3 Å². The molecule has 0 aromatic carbocycles. The zero-order valence-electron chi connectivity index (χ0n) is 14.9. The molecule has 140 valence electrons. The van der Waals surface area contributed by atoms with Crippen LogP contribution < -0.4 is 4.90 Å². The first kappa shape index (κ1) is 16.9. The Morgan fingerprint density at radius 1 is 1.04 bits per heavy atom. The summed E-state index contributed by atoms with van der Waals surface area (Å²) in [6.07, 6.45) is 7.48. The number of aryl methyl sites for hydroxylation is 2. The van der Waals surface area contributed by atoms with E-state index in [9.17, 15) is 8.42 Å². The second-order valence-electron chi connectivity index (χ2n) is 7.64. The van der Waals surface area contributed by atoms with E-state index in [1.165, 1.54) is 28.7 Å². The zero-order chi connectivity index (χ0) is 17.7. The summed E-state index contributed by atoms with van der Waals surface area (Å²) in [4.78, 5) is 16.6. The first-order chi connectivity index (χ1) is 12.6. The third kappa shape index (κ3) is 2.92. The lowest BCUT2D eigenvalue weighted by atomic mass is 10.0. The Bertz CT molecular complexity index is 918. The number of thiophene rings is 1. The van der Waals surface area contributed by atoms with Gasteiger partial charge in [0.15, 0.2) is 9.84 Å². The van der Waals surface area contributed by atoms with Crippen LogP contribution in [0.1, 0.15) is 29.7 Å². The topological polar surface area (TPSA) is 66.4 Å². The van der Waals surface area contributed by atoms with E-state index >= 15 is 0 Å². The maximum absolute atomic E-state index is 11.7. The Labute approximate surface area is 158 Å². The summed E-state index contributed by atoms with van der Waals surface area (Å²) in [5, 5.41) is 1.30. The molecule has 0 radical (unpaired) electrons. The van der Waals surface area contributed by atoms with Gasteiger partial charge in [0, 0.05) is 37.1 Å². The SMILES string of the molecule is O=S1(=O)CCN(C2CCN(c3ncnc4sc5c(c34)CCC5)CC2)CC1. The third-order valence-corrected chi connectivity index (χ3v) is 8.95. The van der Waals surface area contributed by atoms with Crippen LogP contribution in [0.2, 0.25) is 0 Å². The molecular formula is C18H24N4O2S2. The van der Waals surface area contributed by atoms with Crippen molar-refractivity contribution < 1.29 is 8.42 Å². The molecule has 2 fully saturated rings. The quantitative estimate of drug-likeness (QED) is 0.777. The fraction of sp³-hybridized carbons (Fsp3) is 0.667. The van der Waals surface area contributed by atoms with Gasteiger partial charge in [0.25, 0.3) is 0 Å². The molecule has 1 aliphatic carbocycles. The number of piperidine rings is 1. The number of rotatable bonds is 2. The average Bonchev–Trinajstić information content (AvgIpc) is 3.22. The molecule has 0 N–H and O–H groups in total. The fourth-order valence-corrected chi connectivity index (χ4v) is 7.14. The molecule has 2 aliphatic heterocycles. The van der Waals surface area contributed by atoms with Crippen LogP contribution >= 0.6 is 11.3 Å². The zero-order valence-corrected chi connectivity index (χ0v) is 16.5. The van der Waals surface area contributed by atoms with Gasteiger partial charge in [-0.1, -0.05) is 0 Å². The van der Waals surface area contributed by atoms with Gasteiger partial charge in [-0.25, -0.2) is 18.4 Å². The normalized spacial score (nSPS) is 24.2. The molecule has 4 heterocycles. The summed E-state index contributed by atoms with van der Waals surface area (Å²) in [6, 6.07) is 0.507. The Morgan fingerprint density at radius 3 is 2.58 bits per heavy atom. The summed E-state index contributed by atoms with van der Waals surface area (Å²) < 4.78 is 23.3. The van der Waals surface area contributed by atoms with Crippen LogP contribution in [0.4, 0.5) is 5.82 Å². The highest BCUT2D eigenvalue weighted by Crippen LogP contribution is 2.40. The monoisotopic (exact) mass is 392 g/mol. The minimum Gasteiger partial charge on any atom is -0.356 e. The Hall–Kier alpha value is -1.25. The van der Waals surface area contributed by atoms with Crippen molar-refractivity contribution in [3.63, 3.8) is 0 Å². The smallest absolute Gasteiger partial charge is 0.152 e. The molecule has 0 amide bonds. The second kappa shape index (κ2) is 6.42. The van der Waals surface area contributed by atoms with Gasteiger partial charge in [-0.05, 0) is 37.7 Å². The molecule has 0 bridgehead atoms. The highest BCUT2D eigenvalue weighted by molar-refractivity contribution is 7.91. The van der Waals surface area contributed by atoms with Crippen molar-refractivity contribution in [2.24, 2.45) is 0 Å². The van der Waals surface area contributed by atoms with Gasteiger partial charge in [0.2, 0.25) is 0 Å². The van der Waals surface area contributed by atoms with Crippen LogP contribution in [0, 0.1) is 0 Å². The highest BCUT2D eigenvalue weighted by Gasteiger charge is 2.31. The number of hydrogen-bond donors (Lipinski definition) is 0. The van der Waals surface area contributed by atoms with Crippen LogP contribution in [-0.2, 0) is 22.7 Å². The first-order valence-corrected chi connectivity index (χ1v) is 12.2. The lowest BCUT2D eigenvalue weighted by Gasteiger charge is -2.40. The van der Waals surface area contributed by atoms with E-state index in [4.69, 9.17) is 0 Å². The number of anilines is 1. The average molecular weight is 393 g/mol. The molecule has 0 atom stereocenters. The van der Waals surface area contributed by atoms with E-state index in [-0.39, 0.29) is 0 Å². The van der Waals surface area contributed by atoms with Gasteiger partial charge >= 0.3 is 0 Å². The number of sulfone groups is 1. The molecule has 0 unspecified atom stereocenters. The number of aromatic nitrogens is 2. The summed E-state index contributed by atoms with van der Waals surface area (Å²) in [6.45, 7) is 3.38. The molecule has 8 heteroatoms. The number of hydrogen-bond acceptors (Lipinski definition) is 7. The van der Waals surface area contributed by atoms with Crippen molar-refractivity contribution >= 4 is 37.2 Å². The molecule has 26 heavy (non-hydrogen) atoms. The van der Waals surface area contributed by atoms with Gasteiger partial charge in [0.1, 0.15) is 17.0 Å². The van der Waals surface area contributed by atoms with Crippen LogP contribution in [0.3, 0.4) is 0 Å². The standard InChI is InChI=1S/C18H24N4O2S2/c23-26(24)10-8-21(9-11-26)13-4-6-22(7-5-13)17-16-14-2-1-3-15(14)25-18(16)20-12-19-17/h12-13H,1-11H2. The number of fused-ring (bicyclic) bond motifs is 3. The molecule has 5 rings (SSSR count). The molecule has 6 nitrogen and oxygen atoms in total. The lowest BCUT2D eigenvalue weighted by Crippen LogP contribution is -2.50. The van der Waals surface area contributed by atoms with Crippen molar-refractivity contribution in [3.8, 4) is 0 Å². The lowest BCUT2D eigenvalue weighted by molar-refractivity contribution is 0.182. The predicted molar refractivity (Wildman–Crippen MR) is 105 cm³/mol. The van der Waals surface area contributed by atoms with E-state index in [2.05, 4.69) is 19.8 Å². The fourth-order valence-electron chi connectivity index (χ4n) is 4.69. The largest absolute Gasteiger partial charge is 0.356 e. The Balaban J connectivity index is 1.33. The minimum atomic E-state index is -2.80. The Kier molecular flexibility index (Phi) is 4.17. The molecular weight excluding hydrogens is 368 g/mol. The van der Waals surface area contributed by atoms with E-state index in [1.54, 1.807) is 6.33 Å². The predicted octanol–water partition coefficient (Wildman–Crippen LogP) is 1.88. The van der Waals surface area contributed by atoms with Gasteiger partial charge < -0.3 is 4.90 Å². The van der Waals surface area contributed by atoms with Crippen molar-refractivity contribution in [1.82, 2.24) is 14.9 Å². The Morgan fingerprint density at radius 2 is 1.81 bits per heavy atom. The van der Waals surface area contributed by atoms with Crippen LogP contribution in [0.15, 0.2) is 6.33 Å². The van der Waals surface area contributed by atoms with E-state index in [0.717, 1.165) is 43.0 Å². The third-order valence-electron chi connectivity index (χ3n) is 6.14. The molecule has 0 spiro atoms. The summed E-state index contributed by atoms with van der Waals surface area (Å²) in [7, 11) is -2.80. The maximum Gasteiger partial charge on any atom is 0.152 e. The summed E-state index contributed by atoms with van der Waals surface area (Å²) >= 11 is 1.84. The highest BCUT2D eigenvalue weighted by atomic mass is 32.2. The molecule has 2 aromatic heterocycles. The van der Waals surface area contributed by atoms with Crippen LogP contribution in [-0.4, -0.2) is 67.0 Å². The van der Waals surface area contributed by atoms with Crippen molar-refractivity contribution in [1.29, 1.82) is 0 Å². The number of nitrogens with zero attached hydrogens (tertiary/aromatic N) is 4. The summed E-state index contributed by atoms with van der Waals surface area (Å²) in [5.41, 5.74) is 1.49. The molecule has 3 aliphatic rings. The maximum atomic E-state index is 11.7. The van der Waals surface area contributed by atoms with Crippen molar-refractivity contribution in [3.05, 3.63) is 16.8 Å². The van der Waals surface area contributed by atoms with Gasteiger partial charge in [0.05, 0.1) is 16.9 Å².